The number of piperidine rings is 2. The van der Waals surface area contributed by atoms with E-state index in [1.807, 2.05) is 66.4 Å². The first-order valence-electron chi connectivity index (χ1n) is 20.3. The third-order valence-electron chi connectivity index (χ3n) is 12.1. The SMILES string of the molecule is Cc1cc(C[C@H](NC(=O)N2CCC(c3cc4ccccc4[nH]c3=O)CC2)C(=O)N[C@H](CC2CCNCC2)C(=O)N2CCN(c3ccncc3)CC2)cc2cn[nH]c12. The molecule has 14 heteroatoms. The molecule has 2 atom stereocenters. The quantitative estimate of drug-likeness (QED) is 0.143. The number of H-pyrrole nitrogens is 2. The number of aromatic amines is 2. The van der Waals surface area contributed by atoms with Gasteiger partial charge in [0, 0.05) is 80.2 Å². The summed E-state index contributed by atoms with van der Waals surface area (Å²) in [7, 11) is 0. The van der Waals surface area contributed by atoms with E-state index in [1.54, 1.807) is 23.5 Å². The number of carbonyl (C=O) groups excluding carboxylic acids is 3. The summed E-state index contributed by atoms with van der Waals surface area (Å²) in [5.74, 6) is -0.162. The number of aromatic nitrogens is 4. The molecule has 0 unspecified atom stereocenters. The molecule has 0 spiro atoms. The Bertz CT molecular complexity index is 2250. The molecule has 0 radical (unpaired) electrons. The second-order valence-corrected chi connectivity index (χ2v) is 15.9. The molecule has 2 aromatic carbocycles. The van der Waals surface area contributed by atoms with Crippen molar-refractivity contribution in [2.75, 3.05) is 57.3 Å². The van der Waals surface area contributed by atoms with Gasteiger partial charge >= 0.3 is 6.03 Å². The maximum Gasteiger partial charge on any atom is 0.318 e. The maximum absolute atomic E-state index is 14.5. The van der Waals surface area contributed by atoms with E-state index in [9.17, 15) is 19.2 Å². The fourth-order valence-corrected chi connectivity index (χ4v) is 8.88. The van der Waals surface area contributed by atoms with E-state index < -0.39 is 12.1 Å². The number of amides is 4. The summed E-state index contributed by atoms with van der Waals surface area (Å²) in [4.78, 5) is 68.9. The van der Waals surface area contributed by atoms with Crippen molar-refractivity contribution in [2.45, 2.75) is 63.5 Å². The topological polar surface area (TPSA) is 171 Å². The van der Waals surface area contributed by atoms with E-state index in [0.29, 0.717) is 58.5 Å². The molecule has 298 valence electrons. The van der Waals surface area contributed by atoms with Gasteiger partial charge in [-0.1, -0.05) is 24.3 Å². The zero-order valence-electron chi connectivity index (χ0n) is 32.5. The summed E-state index contributed by atoms with van der Waals surface area (Å²) in [6.07, 6.45) is 9.20. The lowest BCUT2D eigenvalue weighted by atomic mass is 9.89. The van der Waals surface area contributed by atoms with E-state index in [2.05, 4.69) is 41.0 Å². The van der Waals surface area contributed by atoms with Crippen molar-refractivity contribution in [3.63, 3.8) is 0 Å². The van der Waals surface area contributed by atoms with Crippen LogP contribution < -0.4 is 26.4 Å². The van der Waals surface area contributed by atoms with Gasteiger partial charge in [0.2, 0.25) is 11.8 Å². The number of carbonyl (C=O) groups is 3. The summed E-state index contributed by atoms with van der Waals surface area (Å²) < 4.78 is 0. The largest absolute Gasteiger partial charge is 0.368 e. The monoisotopic (exact) mass is 772 g/mol. The number of benzene rings is 2. The van der Waals surface area contributed by atoms with Crippen molar-refractivity contribution >= 4 is 45.3 Å². The lowest BCUT2D eigenvalue weighted by Crippen LogP contribution is -2.59. The van der Waals surface area contributed by atoms with Gasteiger partial charge < -0.3 is 35.6 Å². The number of hydrogen-bond donors (Lipinski definition) is 5. The molecule has 4 amide bonds. The van der Waals surface area contributed by atoms with Crippen LogP contribution in [0.4, 0.5) is 10.5 Å². The van der Waals surface area contributed by atoms with E-state index in [1.165, 1.54) is 0 Å². The van der Waals surface area contributed by atoms with E-state index in [4.69, 9.17) is 0 Å². The second kappa shape index (κ2) is 17.2. The molecule has 0 bridgehead atoms. The molecule has 5 N–H and O–H groups in total. The highest BCUT2D eigenvalue weighted by Crippen LogP contribution is 2.28. The van der Waals surface area contributed by atoms with Gasteiger partial charge in [0.25, 0.3) is 5.56 Å². The van der Waals surface area contributed by atoms with Crippen LogP contribution in [0, 0.1) is 12.8 Å². The van der Waals surface area contributed by atoms with Crippen molar-refractivity contribution in [3.8, 4) is 0 Å². The lowest BCUT2D eigenvalue weighted by molar-refractivity contribution is -0.137. The highest BCUT2D eigenvalue weighted by Gasteiger charge is 2.35. The van der Waals surface area contributed by atoms with Gasteiger partial charge in [-0.3, -0.25) is 24.5 Å². The molecule has 5 aromatic rings. The van der Waals surface area contributed by atoms with Crippen molar-refractivity contribution in [1.82, 2.24) is 45.9 Å². The molecular weight excluding hydrogens is 721 g/mol. The van der Waals surface area contributed by atoms with Crippen LogP contribution in [0.3, 0.4) is 0 Å². The zero-order valence-corrected chi connectivity index (χ0v) is 32.5. The normalized spacial score (nSPS) is 18.1. The Kier molecular flexibility index (Phi) is 11.5. The number of hydrogen-bond acceptors (Lipinski definition) is 8. The Balaban J connectivity index is 0.985. The maximum atomic E-state index is 14.5. The Morgan fingerprint density at radius 1 is 0.842 bits per heavy atom. The number of fused-ring (bicyclic) bond motifs is 2. The summed E-state index contributed by atoms with van der Waals surface area (Å²) in [5.41, 5.74) is 5.31. The van der Waals surface area contributed by atoms with Gasteiger partial charge in [0.1, 0.15) is 12.1 Å². The summed E-state index contributed by atoms with van der Waals surface area (Å²) in [5, 5.41) is 18.8. The fraction of sp³-hybridized carbons (Fsp3) is 0.442. The van der Waals surface area contributed by atoms with Gasteiger partial charge in [-0.25, -0.2) is 4.79 Å². The molecule has 6 heterocycles. The van der Waals surface area contributed by atoms with Gasteiger partial charge in [-0.05, 0) is 111 Å². The van der Waals surface area contributed by atoms with Crippen molar-refractivity contribution in [3.05, 3.63) is 100 Å². The second-order valence-electron chi connectivity index (χ2n) is 15.9. The number of urea groups is 1. The standard InChI is InChI=1S/C43H52N10O4/c1-28-22-30(23-33-27-46-50-39(28)33)25-37(49-43(57)53-16-10-31(11-17-53)35-26-32-4-2-3-5-36(32)47-40(35)54)41(55)48-38(24-29-6-12-44-13-7-29)42(56)52-20-18-51(19-21-52)34-8-14-45-15-9-34/h2-5,8-9,14-15,22-23,26-27,29,31,37-38,44H,6-7,10-13,16-21,24-25H2,1H3,(H,46,50)(H,47,54)(H,48,55)(H,49,57)/t37-,38+/m0/s1. The highest BCUT2D eigenvalue weighted by molar-refractivity contribution is 5.92. The predicted molar refractivity (Wildman–Crippen MR) is 220 cm³/mol. The van der Waals surface area contributed by atoms with Crippen LogP contribution >= 0.6 is 0 Å². The first-order chi connectivity index (χ1) is 27.8. The summed E-state index contributed by atoms with van der Waals surface area (Å²) in [6, 6.07) is 15.7. The number of nitrogens with one attached hydrogen (secondary N) is 5. The van der Waals surface area contributed by atoms with Crippen LogP contribution in [-0.2, 0) is 16.0 Å². The average molecular weight is 773 g/mol. The minimum atomic E-state index is -0.936. The van der Waals surface area contributed by atoms with Crippen LogP contribution in [0.1, 0.15) is 54.7 Å². The number of aryl methyl sites for hydroxylation is 1. The van der Waals surface area contributed by atoms with Crippen LogP contribution in [0.25, 0.3) is 21.8 Å². The molecule has 8 rings (SSSR count). The Morgan fingerprint density at radius 3 is 2.37 bits per heavy atom. The molecule has 0 saturated carbocycles. The molecule has 3 saturated heterocycles. The summed E-state index contributed by atoms with van der Waals surface area (Å²) >= 11 is 0. The van der Waals surface area contributed by atoms with E-state index >= 15 is 0 Å². The fourth-order valence-electron chi connectivity index (χ4n) is 8.88. The third kappa shape index (κ3) is 8.80. The Hall–Kier alpha value is -5.76. The Morgan fingerprint density at radius 2 is 1.60 bits per heavy atom. The average Bonchev–Trinajstić information content (AvgIpc) is 3.73. The van der Waals surface area contributed by atoms with Crippen molar-refractivity contribution < 1.29 is 14.4 Å². The molecule has 57 heavy (non-hydrogen) atoms. The first-order valence-corrected chi connectivity index (χ1v) is 20.3. The molecule has 3 aliphatic rings. The van der Waals surface area contributed by atoms with Crippen molar-refractivity contribution in [2.24, 2.45) is 5.92 Å². The van der Waals surface area contributed by atoms with Crippen LogP contribution in [-0.4, -0.2) is 112 Å². The van der Waals surface area contributed by atoms with Crippen LogP contribution in [0.5, 0.6) is 0 Å². The Labute approximate surface area is 331 Å². The van der Waals surface area contributed by atoms with Crippen LogP contribution in [0.15, 0.2) is 78.0 Å². The number of likely N-dealkylation sites (tertiary alicyclic amines) is 1. The third-order valence-corrected chi connectivity index (χ3v) is 12.1. The summed E-state index contributed by atoms with van der Waals surface area (Å²) in [6.45, 7) is 7.10. The predicted octanol–water partition coefficient (Wildman–Crippen LogP) is 3.83. The number of rotatable bonds is 10. The minimum Gasteiger partial charge on any atom is -0.368 e. The number of pyridine rings is 2. The van der Waals surface area contributed by atoms with Gasteiger partial charge in [0.15, 0.2) is 0 Å². The minimum absolute atomic E-state index is 0.0134. The molecular formula is C43H52N10O4. The number of piperazine rings is 1. The van der Waals surface area contributed by atoms with Crippen molar-refractivity contribution in [1.29, 1.82) is 0 Å². The molecule has 0 aliphatic carbocycles. The van der Waals surface area contributed by atoms with Crippen LogP contribution in [0.2, 0.25) is 0 Å². The molecule has 3 aliphatic heterocycles. The van der Waals surface area contributed by atoms with E-state index in [0.717, 1.165) is 70.1 Å². The first kappa shape index (κ1) is 38.1. The zero-order chi connectivity index (χ0) is 39.3. The molecule has 3 fully saturated rings. The van der Waals surface area contributed by atoms with Gasteiger partial charge in [-0.2, -0.15) is 5.10 Å². The number of nitrogens with zero attached hydrogens (tertiary/aromatic N) is 5. The molecule has 14 nitrogen and oxygen atoms in total. The van der Waals surface area contributed by atoms with E-state index in [-0.39, 0.29) is 41.7 Å². The number of anilines is 1. The lowest BCUT2D eigenvalue weighted by Gasteiger charge is -2.38. The molecule has 3 aromatic heterocycles. The van der Waals surface area contributed by atoms with Gasteiger partial charge in [0.05, 0.1) is 11.7 Å². The number of para-hydroxylation sites is 1. The van der Waals surface area contributed by atoms with Gasteiger partial charge in [-0.15, -0.1) is 0 Å². The highest BCUT2D eigenvalue weighted by atomic mass is 16.2. The smallest absolute Gasteiger partial charge is 0.318 e.